The summed E-state index contributed by atoms with van der Waals surface area (Å²) in [5, 5.41) is 0. The minimum atomic E-state index is -0.114. The smallest absolute Gasteiger partial charge is 0.238 e. The molecule has 3 heteroatoms. The summed E-state index contributed by atoms with van der Waals surface area (Å²) in [4.78, 5) is 26.9. The van der Waals surface area contributed by atoms with Crippen LogP contribution in [0.2, 0.25) is 0 Å². The quantitative estimate of drug-likeness (QED) is 0.579. The Morgan fingerprint density at radius 3 is 2.20 bits per heavy atom. The number of allylic oxidation sites excluding steroid dienone is 2. The fourth-order valence-electron chi connectivity index (χ4n) is 4.10. The van der Waals surface area contributed by atoms with Crippen molar-refractivity contribution in [1.29, 1.82) is 0 Å². The zero-order valence-electron chi connectivity index (χ0n) is 11.7. The molecular formula is C17H17NO2. The summed E-state index contributed by atoms with van der Waals surface area (Å²) >= 11 is 0. The van der Waals surface area contributed by atoms with Gasteiger partial charge in [0, 0.05) is 0 Å². The molecule has 2 amide bonds. The van der Waals surface area contributed by atoms with Crippen LogP contribution < -0.4 is 4.90 Å². The molecule has 102 valence electrons. The molecule has 3 nitrogen and oxygen atoms in total. The Kier molecular flexibility index (Phi) is 2.27. The molecule has 0 unspecified atom stereocenters. The molecule has 20 heavy (non-hydrogen) atoms. The molecule has 3 aliphatic rings. The summed E-state index contributed by atoms with van der Waals surface area (Å²) in [6, 6.07) is 5.93. The SMILES string of the molecule is Cc1ccc(C)c(N2C(=O)[C@H]3[C@H](C2=O)[C@H]2C=C[C@H]3C2)c1. The highest BCUT2D eigenvalue weighted by atomic mass is 16.2. The number of fused-ring (bicyclic) bond motifs is 5. The van der Waals surface area contributed by atoms with E-state index in [1.807, 2.05) is 32.0 Å². The van der Waals surface area contributed by atoms with Gasteiger partial charge >= 0.3 is 0 Å². The van der Waals surface area contributed by atoms with Crippen LogP contribution in [0.15, 0.2) is 30.4 Å². The van der Waals surface area contributed by atoms with Gasteiger partial charge in [-0.15, -0.1) is 0 Å². The summed E-state index contributed by atoms with van der Waals surface area (Å²) < 4.78 is 0. The predicted octanol–water partition coefficient (Wildman–Crippen LogP) is 2.61. The average Bonchev–Trinajstić information content (AvgIpc) is 3.08. The van der Waals surface area contributed by atoms with Gasteiger partial charge in [0.25, 0.3) is 0 Å². The number of nitrogens with zero attached hydrogens (tertiary/aromatic N) is 1. The third-order valence-electron chi connectivity index (χ3n) is 5.08. The predicted molar refractivity (Wildman–Crippen MR) is 76.1 cm³/mol. The van der Waals surface area contributed by atoms with Crippen molar-refractivity contribution in [1.82, 2.24) is 0 Å². The number of hydrogen-bond acceptors (Lipinski definition) is 2. The van der Waals surface area contributed by atoms with Crippen LogP contribution in [-0.4, -0.2) is 11.8 Å². The van der Waals surface area contributed by atoms with Crippen LogP contribution in [0.5, 0.6) is 0 Å². The normalized spacial score (nSPS) is 34.2. The molecule has 0 aromatic heterocycles. The van der Waals surface area contributed by atoms with Crippen LogP contribution in [0.4, 0.5) is 5.69 Å². The van der Waals surface area contributed by atoms with Crippen LogP contribution >= 0.6 is 0 Å². The molecule has 4 rings (SSSR count). The zero-order valence-corrected chi connectivity index (χ0v) is 11.7. The fraction of sp³-hybridized carbons (Fsp3) is 0.412. The maximum absolute atomic E-state index is 12.7. The molecule has 1 aromatic rings. The van der Waals surface area contributed by atoms with Crippen LogP contribution in [0.1, 0.15) is 17.5 Å². The second-order valence-corrected chi connectivity index (χ2v) is 6.30. The van der Waals surface area contributed by atoms with Gasteiger partial charge in [0.1, 0.15) is 0 Å². The first kappa shape index (κ1) is 11.9. The van der Waals surface area contributed by atoms with Crippen LogP contribution in [-0.2, 0) is 9.59 Å². The van der Waals surface area contributed by atoms with Crippen molar-refractivity contribution in [3.8, 4) is 0 Å². The van der Waals surface area contributed by atoms with Crippen molar-refractivity contribution < 1.29 is 9.59 Å². The Bertz CT molecular complexity index is 631. The summed E-state index contributed by atoms with van der Waals surface area (Å²) in [6.45, 7) is 3.94. The maximum atomic E-state index is 12.7. The number of amides is 2. The Labute approximate surface area is 118 Å². The number of hydrogen-bond donors (Lipinski definition) is 0. The molecule has 1 saturated heterocycles. The number of rotatable bonds is 1. The highest BCUT2D eigenvalue weighted by Crippen LogP contribution is 2.53. The van der Waals surface area contributed by atoms with Gasteiger partial charge in [-0.3, -0.25) is 9.59 Å². The first-order valence-electron chi connectivity index (χ1n) is 7.21. The lowest BCUT2D eigenvalue weighted by Crippen LogP contribution is -2.33. The van der Waals surface area contributed by atoms with E-state index in [4.69, 9.17) is 0 Å². The molecule has 2 fully saturated rings. The molecule has 2 aliphatic carbocycles. The monoisotopic (exact) mass is 267 g/mol. The zero-order chi connectivity index (χ0) is 14.0. The molecular weight excluding hydrogens is 250 g/mol. The second-order valence-electron chi connectivity index (χ2n) is 6.30. The Morgan fingerprint density at radius 1 is 1.00 bits per heavy atom. The van der Waals surface area contributed by atoms with E-state index in [1.54, 1.807) is 0 Å². The fourth-order valence-corrected chi connectivity index (χ4v) is 4.10. The summed E-state index contributed by atoms with van der Waals surface area (Å²) in [6.07, 6.45) is 5.24. The third-order valence-corrected chi connectivity index (χ3v) is 5.08. The van der Waals surface area contributed by atoms with Gasteiger partial charge < -0.3 is 0 Å². The standard InChI is InChI=1S/C17H17NO2/c1-9-3-4-10(2)13(7-9)18-16(19)14-11-5-6-12(8-11)15(14)17(18)20/h3-7,11-12,14-15H,8H2,1-2H3/t11-,12-,14+,15+/m0/s1. The van der Waals surface area contributed by atoms with E-state index >= 15 is 0 Å². The van der Waals surface area contributed by atoms with E-state index in [1.165, 1.54) is 4.90 Å². The first-order valence-corrected chi connectivity index (χ1v) is 7.21. The van der Waals surface area contributed by atoms with E-state index in [9.17, 15) is 9.59 Å². The first-order chi connectivity index (χ1) is 9.58. The van der Waals surface area contributed by atoms with Crippen molar-refractivity contribution >= 4 is 17.5 Å². The largest absolute Gasteiger partial charge is 0.274 e. The van der Waals surface area contributed by atoms with Crippen molar-refractivity contribution in [2.24, 2.45) is 23.7 Å². The molecule has 1 aromatic carbocycles. The second kappa shape index (κ2) is 3.81. The van der Waals surface area contributed by atoms with Gasteiger partial charge in [0.15, 0.2) is 0 Å². The molecule has 1 aliphatic heterocycles. The average molecular weight is 267 g/mol. The maximum Gasteiger partial charge on any atom is 0.238 e. The van der Waals surface area contributed by atoms with Crippen molar-refractivity contribution in [2.75, 3.05) is 4.90 Å². The minimum absolute atomic E-state index is 0.00514. The number of carbonyl (C=O) groups excluding carboxylic acids is 2. The van der Waals surface area contributed by atoms with Crippen LogP contribution in [0.3, 0.4) is 0 Å². The summed E-state index contributed by atoms with van der Waals surface area (Å²) in [5.74, 6) is 0.332. The summed E-state index contributed by atoms with van der Waals surface area (Å²) in [7, 11) is 0. The van der Waals surface area contributed by atoms with E-state index in [0.717, 1.165) is 23.2 Å². The van der Waals surface area contributed by atoms with E-state index in [-0.39, 0.29) is 35.5 Å². The molecule has 2 bridgehead atoms. The van der Waals surface area contributed by atoms with Crippen molar-refractivity contribution in [3.05, 3.63) is 41.5 Å². The van der Waals surface area contributed by atoms with Crippen molar-refractivity contribution in [2.45, 2.75) is 20.3 Å². The number of imide groups is 1. The number of anilines is 1. The Hall–Kier alpha value is -1.90. The summed E-state index contributed by atoms with van der Waals surface area (Å²) in [5.41, 5.74) is 2.83. The number of aryl methyl sites for hydroxylation is 2. The number of benzene rings is 1. The lowest BCUT2D eigenvalue weighted by Gasteiger charge is -2.19. The Morgan fingerprint density at radius 2 is 1.60 bits per heavy atom. The minimum Gasteiger partial charge on any atom is -0.274 e. The van der Waals surface area contributed by atoms with E-state index in [0.29, 0.717) is 0 Å². The topological polar surface area (TPSA) is 37.4 Å². The molecule has 1 heterocycles. The van der Waals surface area contributed by atoms with Gasteiger partial charge in [0.05, 0.1) is 17.5 Å². The Balaban J connectivity index is 1.80. The van der Waals surface area contributed by atoms with Gasteiger partial charge in [0.2, 0.25) is 11.8 Å². The lowest BCUT2D eigenvalue weighted by molar-refractivity contribution is -0.123. The van der Waals surface area contributed by atoms with E-state index in [2.05, 4.69) is 12.2 Å². The van der Waals surface area contributed by atoms with Crippen molar-refractivity contribution in [3.63, 3.8) is 0 Å². The van der Waals surface area contributed by atoms with Gasteiger partial charge in [-0.1, -0.05) is 24.3 Å². The molecule has 0 N–H and O–H groups in total. The molecule has 4 atom stereocenters. The lowest BCUT2D eigenvalue weighted by atomic mass is 9.85. The van der Waals surface area contributed by atoms with Crippen LogP contribution in [0.25, 0.3) is 0 Å². The molecule has 0 spiro atoms. The number of carbonyl (C=O) groups is 2. The highest BCUT2D eigenvalue weighted by Gasteiger charge is 2.59. The van der Waals surface area contributed by atoms with Gasteiger partial charge in [-0.25, -0.2) is 4.90 Å². The van der Waals surface area contributed by atoms with Crippen LogP contribution in [0, 0.1) is 37.5 Å². The highest BCUT2D eigenvalue weighted by molar-refractivity contribution is 6.23. The molecule has 0 radical (unpaired) electrons. The third kappa shape index (κ3) is 1.35. The molecule has 1 saturated carbocycles. The van der Waals surface area contributed by atoms with Gasteiger partial charge in [-0.05, 0) is 49.3 Å². The van der Waals surface area contributed by atoms with Gasteiger partial charge in [-0.2, -0.15) is 0 Å². The van der Waals surface area contributed by atoms with E-state index < -0.39 is 0 Å².